The summed E-state index contributed by atoms with van der Waals surface area (Å²) in [4.78, 5) is 0. The number of allylic oxidation sites excluding steroid dienone is 1. The number of nitrogens with zero attached hydrogens (tertiary/aromatic N) is 1. The molecule has 0 aliphatic carbocycles. The van der Waals surface area contributed by atoms with Crippen LogP contribution >= 0.6 is 0 Å². The van der Waals surface area contributed by atoms with Crippen molar-refractivity contribution < 1.29 is 4.42 Å². The number of hydrogen-bond donors (Lipinski definition) is 0. The van der Waals surface area contributed by atoms with E-state index in [2.05, 4.69) is 0 Å². The molecule has 0 aliphatic rings. The Morgan fingerprint density at radius 2 is 2.50 bits per heavy atom. The SMILES string of the molecule is Cc1ccoc1C=CC#N. The smallest absolute Gasteiger partial charge is 0.130 e. The molecule has 2 heteroatoms. The van der Waals surface area contributed by atoms with E-state index in [1.807, 2.05) is 19.1 Å². The Labute approximate surface area is 59.4 Å². The van der Waals surface area contributed by atoms with Crippen LogP contribution in [0.1, 0.15) is 11.3 Å². The van der Waals surface area contributed by atoms with Crippen molar-refractivity contribution in [1.29, 1.82) is 5.26 Å². The first-order valence-electron chi connectivity index (χ1n) is 2.95. The third kappa shape index (κ3) is 1.26. The molecule has 0 aromatic carbocycles. The molecule has 0 fully saturated rings. The molecule has 1 aromatic heterocycles. The highest BCUT2D eigenvalue weighted by Gasteiger charge is 1.93. The van der Waals surface area contributed by atoms with Crippen LogP contribution in [0.3, 0.4) is 0 Å². The molecule has 10 heavy (non-hydrogen) atoms. The number of rotatable bonds is 1. The lowest BCUT2D eigenvalue weighted by molar-refractivity contribution is 0.555. The van der Waals surface area contributed by atoms with Crippen molar-refractivity contribution in [2.75, 3.05) is 0 Å². The van der Waals surface area contributed by atoms with E-state index < -0.39 is 0 Å². The summed E-state index contributed by atoms with van der Waals surface area (Å²) in [6, 6.07) is 3.75. The van der Waals surface area contributed by atoms with Crippen LogP contribution in [-0.4, -0.2) is 0 Å². The van der Waals surface area contributed by atoms with Crippen molar-refractivity contribution in [3.05, 3.63) is 29.7 Å². The summed E-state index contributed by atoms with van der Waals surface area (Å²) in [7, 11) is 0. The zero-order chi connectivity index (χ0) is 7.40. The summed E-state index contributed by atoms with van der Waals surface area (Å²) in [6.07, 6.45) is 4.65. The van der Waals surface area contributed by atoms with Gasteiger partial charge in [0.25, 0.3) is 0 Å². The van der Waals surface area contributed by atoms with E-state index in [4.69, 9.17) is 9.68 Å². The Kier molecular flexibility index (Phi) is 1.91. The van der Waals surface area contributed by atoms with Crippen molar-refractivity contribution in [2.45, 2.75) is 6.92 Å². The predicted octanol–water partition coefficient (Wildman–Crippen LogP) is 2.12. The normalized spacial score (nSPS) is 10.0. The molecule has 0 spiro atoms. The highest BCUT2D eigenvalue weighted by Crippen LogP contribution is 2.09. The van der Waals surface area contributed by atoms with Crippen LogP contribution in [0, 0.1) is 18.3 Å². The van der Waals surface area contributed by atoms with E-state index in [-0.39, 0.29) is 0 Å². The molecule has 50 valence electrons. The lowest BCUT2D eigenvalue weighted by atomic mass is 10.3. The van der Waals surface area contributed by atoms with Crippen molar-refractivity contribution in [2.24, 2.45) is 0 Å². The minimum absolute atomic E-state index is 0.751. The predicted molar refractivity (Wildman–Crippen MR) is 38.1 cm³/mol. The van der Waals surface area contributed by atoms with Gasteiger partial charge >= 0.3 is 0 Å². The number of aryl methyl sites for hydroxylation is 1. The Hall–Kier alpha value is -1.49. The van der Waals surface area contributed by atoms with Gasteiger partial charge in [0.1, 0.15) is 5.76 Å². The van der Waals surface area contributed by atoms with Gasteiger partial charge in [-0.05, 0) is 24.6 Å². The third-order valence-electron chi connectivity index (χ3n) is 1.21. The van der Waals surface area contributed by atoms with Gasteiger partial charge in [0, 0.05) is 6.08 Å². The average Bonchev–Trinajstić information content (AvgIpc) is 2.31. The van der Waals surface area contributed by atoms with E-state index in [9.17, 15) is 0 Å². The Balaban J connectivity index is 2.87. The second kappa shape index (κ2) is 2.88. The van der Waals surface area contributed by atoms with Gasteiger partial charge < -0.3 is 4.42 Å². The second-order valence-electron chi connectivity index (χ2n) is 1.93. The van der Waals surface area contributed by atoms with Crippen LogP contribution in [0.4, 0.5) is 0 Å². The topological polar surface area (TPSA) is 36.9 Å². The van der Waals surface area contributed by atoms with Gasteiger partial charge in [-0.25, -0.2) is 0 Å². The highest BCUT2D eigenvalue weighted by atomic mass is 16.3. The number of nitriles is 1. The maximum Gasteiger partial charge on any atom is 0.130 e. The first-order valence-corrected chi connectivity index (χ1v) is 2.95. The van der Waals surface area contributed by atoms with Gasteiger partial charge in [0.2, 0.25) is 0 Å². The first-order chi connectivity index (χ1) is 4.84. The molecule has 0 N–H and O–H groups in total. The maximum atomic E-state index is 8.18. The molecule has 1 rings (SSSR count). The molecule has 0 saturated heterocycles. The minimum Gasteiger partial charge on any atom is -0.465 e. The van der Waals surface area contributed by atoms with Crippen LogP contribution in [0.2, 0.25) is 0 Å². The van der Waals surface area contributed by atoms with Crippen LogP contribution in [0.15, 0.2) is 22.8 Å². The Morgan fingerprint density at radius 3 is 3.00 bits per heavy atom. The fourth-order valence-electron chi connectivity index (χ4n) is 0.668. The van der Waals surface area contributed by atoms with Gasteiger partial charge in [-0.15, -0.1) is 0 Å². The van der Waals surface area contributed by atoms with Crippen molar-refractivity contribution >= 4 is 6.08 Å². The zero-order valence-electron chi connectivity index (χ0n) is 5.66. The summed E-state index contributed by atoms with van der Waals surface area (Å²) in [5.41, 5.74) is 1.05. The third-order valence-corrected chi connectivity index (χ3v) is 1.21. The van der Waals surface area contributed by atoms with E-state index in [1.165, 1.54) is 6.08 Å². The lowest BCUT2D eigenvalue weighted by Crippen LogP contribution is -1.67. The van der Waals surface area contributed by atoms with E-state index in [0.29, 0.717) is 0 Å². The average molecular weight is 133 g/mol. The molecule has 0 unspecified atom stereocenters. The molecule has 1 aromatic rings. The fourth-order valence-corrected chi connectivity index (χ4v) is 0.668. The molecule has 0 amide bonds. The Bertz CT molecular complexity index is 278. The first kappa shape index (κ1) is 6.63. The summed E-state index contributed by atoms with van der Waals surface area (Å²) >= 11 is 0. The van der Waals surface area contributed by atoms with Crippen LogP contribution in [-0.2, 0) is 0 Å². The summed E-state index contributed by atoms with van der Waals surface area (Å²) in [5.74, 6) is 0.751. The van der Waals surface area contributed by atoms with Crippen LogP contribution in [0.5, 0.6) is 0 Å². The van der Waals surface area contributed by atoms with Gasteiger partial charge in [0.05, 0.1) is 12.3 Å². The number of furan rings is 1. The molecular formula is C8H7NO. The fraction of sp³-hybridized carbons (Fsp3) is 0.125. The van der Waals surface area contributed by atoms with Crippen molar-refractivity contribution in [3.8, 4) is 6.07 Å². The highest BCUT2D eigenvalue weighted by molar-refractivity contribution is 5.49. The quantitative estimate of drug-likeness (QED) is 0.550. The molecule has 0 bridgehead atoms. The van der Waals surface area contributed by atoms with Gasteiger partial charge in [-0.1, -0.05) is 0 Å². The summed E-state index contributed by atoms with van der Waals surface area (Å²) in [5, 5.41) is 8.18. The van der Waals surface area contributed by atoms with E-state index >= 15 is 0 Å². The zero-order valence-corrected chi connectivity index (χ0v) is 5.66. The second-order valence-corrected chi connectivity index (χ2v) is 1.93. The molecule has 0 radical (unpaired) electrons. The molecule has 2 nitrogen and oxygen atoms in total. The van der Waals surface area contributed by atoms with E-state index in [1.54, 1.807) is 12.3 Å². The summed E-state index contributed by atoms with van der Waals surface area (Å²) < 4.78 is 5.03. The van der Waals surface area contributed by atoms with Gasteiger partial charge in [-0.3, -0.25) is 0 Å². The van der Waals surface area contributed by atoms with Crippen LogP contribution in [0.25, 0.3) is 6.08 Å². The van der Waals surface area contributed by atoms with Gasteiger partial charge in [-0.2, -0.15) is 5.26 Å². The molecule has 0 aliphatic heterocycles. The summed E-state index contributed by atoms with van der Waals surface area (Å²) in [6.45, 7) is 1.93. The van der Waals surface area contributed by atoms with Gasteiger partial charge in [0.15, 0.2) is 0 Å². The number of hydrogen-bond acceptors (Lipinski definition) is 2. The van der Waals surface area contributed by atoms with E-state index in [0.717, 1.165) is 11.3 Å². The maximum absolute atomic E-state index is 8.18. The van der Waals surface area contributed by atoms with Crippen molar-refractivity contribution in [3.63, 3.8) is 0 Å². The van der Waals surface area contributed by atoms with Crippen molar-refractivity contribution in [1.82, 2.24) is 0 Å². The Morgan fingerprint density at radius 1 is 1.70 bits per heavy atom. The molecule has 0 saturated carbocycles. The van der Waals surface area contributed by atoms with Crippen LogP contribution < -0.4 is 0 Å². The molecule has 1 heterocycles. The molecular weight excluding hydrogens is 126 g/mol. The standard InChI is InChI=1S/C8H7NO/c1-7-4-6-10-8(7)3-2-5-9/h2-4,6H,1H3. The minimum atomic E-state index is 0.751. The monoisotopic (exact) mass is 133 g/mol. The largest absolute Gasteiger partial charge is 0.465 e. The molecule has 0 atom stereocenters. The lowest BCUT2D eigenvalue weighted by Gasteiger charge is -1.83.